The highest BCUT2D eigenvalue weighted by Crippen LogP contribution is 2.21. The fourth-order valence-corrected chi connectivity index (χ4v) is 2.19. The molecule has 4 N–H and O–H groups in total. The zero-order valence-corrected chi connectivity index (χ0v) is 11.7. The number of primary amides is 1. The maximum Gasteiger partial charge on any atom is 0.250 e. The molecular formula is C12H15Cl2N3O2. The molecule has 2 amide bonds. The van der Waals surface area contributed by atoms with Crippen LogP contribution in [-0.2, 0) is 4.79 Å². The third-order valence-electron chi connectivity index (χ3n) is 2.93. The molecule has 1 aliphatic heterocycles. The third-order valence-corrected chi connectivity index (χ3v) is 3.25. The number of rotatable bonds is 3. The van der Waals surface area contributed by atoms with Crippen LogP contribution < -0.4 is 16.4 Å². The first-order valence-corrected chi connectivity index (χ1v) is 6.06. The quantitative estimate of drug-likeness (QED) is 0.789. The van der Waals surface area contributed by atoms with E-state index in [2.05, 4.69) is 10.6 Å². The van der Waals surface area contributed by atoms with E-state index in [9.17, 15) is 9.59 Å². The highest BCUT2D eigenvalue weighted by molar-refractivity contribution is 6.34. The number of carbonyl (C=O) groups is 2. The Bertz CT molecular complexity index is 488. The summed E-state index contributed by atoms with van der Waals surface area (Å²) < 4.78 is 0. The summed E-state index contributed by atoms with van der Waals surface area (Å²) in [6, 6.07) is 4.65. The lowest BCUT2D eigenvalue weighted by Gasteiger charge is -2.10. The van der Waals surface area contributed by atoms with E-state index in [0.717, 1.165) is 13.0 Å². The highest BCUT2D eigenvalue weighted by Gasteiger charge is 2.22. The van der Waals surface area contributed by atoms with E-state index in [0.29, 0.717) is 12.2 Å². The Morgan fingerprint density at radius 2 is 2.16 bits per heavy atom. The van der Waals surface area contributed by atoms with Crippen LogP contribution >= 0.6 is 24.0 Å². The molecule has 0 aromatic heterocycles. The number of halogens is 2. The van der Waals surface area contributed by atoms with Crippen LogP contribution in [0.3, 0.4) is 0 Å². The van der Waals surface area contributed by atoms with Gasteiger partial charge in [0.05, 0.1) is 16.5 Å². The summed E-state index contributed by atoms with van der Waals surface area (Å²) in [7, 11) is 0. The lowest BCUT2D eigenvalue weighted by Crippen LogP contribution is -2.24. The topological polar surface area (TPSA) is 84.2 Å². The predicted molar refractivity (Wildman–Crippen MR) is 76.8 cm³/mol. The van der Waals surface area contributed by atoms with Gasteiger partial charge in [-0.2, -0.15) is 0 Å². The number of amides is 2. The molecule has 1 atom stereocenters. The zero-order chi connectivity index (χ0) is 13.1. The molecule has 1 aromatic carbocycles. The van der Waals surface area contributed by atoms with Crippen LogP contribution in [0.25, 0.3) is 0 Å². The van der Waals surface area contributed by atoms with Gasteiger partial charge in [-0.05, 0) is 31.2 Å². The fourth-order valence-electron chi connectivity index (χ4n) is 1.92. The van der Waals surface area contributed by atoms with Crippen molar-refractivity contribution in [2.75, 3.05) is 18.4 Å². The first-order valence-electron chi connectivity index (χ1n) is 5.69. The largest absolute Gasteiger partial charge is 0.366 e. The number of nitrogens with one attached hydrogen (secondary N) is 2. The van der Waals surface area contributed by atoms with Gasteiger partial charge in [0.2, 0.25) is 11.8 Å². The van der Waals surface area contributed by atoms with Gasteiger partial charge >= 0.3 is 0 Å². The van der Waals surface area contributed by atoms with Crippen molar-refractivity contribution >= 4 is 41.5 Å². The van der Waals surface area contributed by atoms with Crippen molar-refractivity contribution in [1.82, 2.24) is 5.32 Å². The lowest BCUT2D eigenvalue weighted by atomic mass is 10.1. The average Bonchev–Trinajstić information content (AvgIpc) is 2.81. The molecule has 0 aliphatic carbocycles. The molecular weight excluding hydrogens is 289 g/mol. The number of hydrogen-bond donors (Lipinski definition) is 3. The highest BCUT2D eigenvalue weighted by atomic mass is 35.5. The number of benzene rings is 1. The van der Waals surface area contributed by atoms with Crippen molar-refractivity contribution < 1.29 is 9.59 Å². The molecule has 1 heterocycles. The normalized spacial score (nSPS) is 17.6. The first-order chi connectivity index (χ1) is 8.58. The van der Waals surface area contributed by atoms with Crippen LogP contribution in [0.1, 0.15) is 16.8 Å². The molecule has 0 radical (unpaired) electrons. The Morgan fingerprint density at radius 3 is 2.68 bits per heavy atom. The van der Waals surface area contributed by atoms with Crippen LogP contribution in [0.2, 0.25) is 5.02 Å². The second kappa shape index (κ2) is 6.75. The van der Waals surface area contributed by atoms with Gasteiger partial charge in [-0.1, -0.05) is 11.6 Å². The Kier molecular flexibility index (Phi) is 5.60. The molecule has 19 heavy (non-hydrogen) atoms. The van der Waals surface area contributed by atoms with Crippen LogP contribution in [0.4, 0.5) is 5.69 Å². The lowest BCUT2D eigenvalue weighted by molar-refractivity contribution is -0.119. The first kappa shape index (κ1) is 15.8. The van der Waals surface area contributed by atoms with Crippen LogP contribution in [0.15, 0.2) is 18.2 Å². The zero-order valence-electron chi connectivity index (χ0n) is 10.1. The molecule has 104 valence electrons. The van der Waals surface area contributed by atoms with Crippen molar-refractivity contribution in [3.8, 4) is 0 Å². The number of anilines is 1. The standard InChI is InChI=1S/C12H14ClN3O2.ClH/c13-10-5-8(1-2-9(10)11(14)17)16-12(18)7-3-4-15-6-7;/h1-2,5,7,15H,3-4,6H2,(H2,14,17)(H,16,18);1H. The second-order valence-electron chi connectivity index (χ2n) is 4.24. The third kappa shape index (κ3) is 3.83. The summed E-state index contributed by atoms with van der Waals surface area (Å²) in [5.74, 6) is -0.639. The minimum absolute atomic E-state index is 0. The molecule has 0 bridgehead atoms. The van der Waals surface area contributed by atoms with Crippen LogP contribution in [-0.4, -0.2) is 24.9 Å². The monoisotopic (exact) mass is 303 g/mol. The summed E-state index contributed by atoms with van der Waals surface area (Å²) in [4.78, 5) is 22.9. The molecule has 2 rings (SSSR count). The Labute approximate surface area is 122 Å². The number of hydrogen-bond acceptors (Lipinski definition) is 3. The van der Waals surface area contributed by atoms with E-state index >= 15 is 0 Å². The predicted octanol–water partition coefficient (Wildman–Crippen LogP) is 1.41. The van der Waals surface area contributed by atoms with E-state index in [4.69, 9.17) is 17.3 Å². The van der Waals surface area contributed by atoms with Gasteiger partial charge in [-0.15, -0.1) is 12.4 Å². The summed E-state index contributed by atoms with van der Waals surface area (Å²) in [6.45, 7) is 1.55. The second-order valence-corrected chi connectivity index (χ2v) is 4.65. The summed E-state index contributed by atoms with van der Waals surface area (Å²) in [6.07, 6.45) is 0.832. The molecule has 0 saturated carbocycles. The molecule has 1 aromatic rings. The van der Waals surface area contributed by atoms with Crippen molar-refractivity contribution in [2.45, 2.75) is 6.42 Å². The number of nitrogens with two attached hydrogens (primary N) is 1. The summed E-state index contributed by atoms with van der Waals surface area (Å²) >= 11 is 5.90. The van der Waals surface area contributed by atoms with Crippen molar-refractivity contribution in [2.24, 2.45) is 11.7 Å². The number of carbonyl (C=O) groups excluding carboxylic acids is 2. The van der Waals surface area contributed by atoms with Gasteiger partial charge in [-0.3, -0.25) is 9.59 Å². The molecule has 1 unspecified atom stereocenters. The van der Waals surface area contributed by atoms with Gasteiger partial charge < -0.3 is 16.4 Å². The molecule has 1 saturated heterocycles. The van der Waals surface area contributed by atoms with Gasteiger partial charge in [0.25, 0.3) is 0 Å². The summed E-state index contributed by atoms with van der Waals surface area (Å²) in [5.41, 5.74) is 5.97. The SMILES string of the molecule is Cl.NC(=O)c1ccc(NC(=O)C2CCNC2)cc1Cl. The summed E-state index contributed by atoms with van der Waals surface area (Å²) in [5, 5.41) is 6.14. The van der Waals surface area contributed by atoms with Crippen LogP contribution in [0, 0.1) is 5.92 Å². The van der Waals surface area contributed by atoms with Crippen LogP contribution in [0.5, 0.6) is 0 Å². The fraction of sp³-hybridized carbons (Fsp3) is 0.333. The molecule has 0 spiro atoms. The van der Waals surface area contributed by atoms with E-state index < -0.39 is 5.91 Å². The van der Waals surface area contributed by atoms with Gasteiger partial charge in [0.15, 0.2) is 0 Å². The van der Waals surface area contributed by atoms with E-state index in [1.54, 1.807) is 6.07 Å². The Morgan fingerprint density at radius 1 is 1.42 bits per heavy atom. The molecule has 1 fully saturated rings. The Hall–Kier alpha value is -1.30. The Balaban J connectivity index is 0.00000180. The maximum atomic E-state index is 11.9. The maximum absolute atomic E-state index is 11.9. The van der Waals surface area contributed by atoms with Crippen molar-refractivity contribution in [3.05, 3.63) is 28.8 Å². The minimum atomic E-state index is -0.585. The van der Waals surface area contributed by atoms with Gasteiger partial charge in [-0.25, -0.2) is 0 Å². The molecule has 5 nitrogen and oxygen atoms in total. The van der Waals surface area contributed by atoms with Gasteiger partial charge in [0, 0.05) is 12.2 Å². The van der Waals surface area contributed by atoms with E-state index in [1.807, 2.05) is 0 Å². The molecule has 7 heteroatoms. The molecule has 1 aliphatic rings. The van der Waals surface area contributed by atoms with E-state index in [-0.39, 0.29) is 34.8 Å². The smallest absolute Gasteiger partial charge is 0.250 e. The van der Waals surface area contributed by atoms with Crippen molar-refractivity contribution in [1.29, 1.82) is 0 Å². The minimum Gasteiger partial charge on any atom is -0.366 e. The van der Waals surface area contributed by atoms with E-state index in [1.165, 1.54) is 12.1 Å². The van der Waals surface area contributed by atoms with Gasteiger partial charge in [0.1, 0.15) is 0 Å². The average molecular weight is 304 g/mol. The van der Waals surface area contributed by atoms with Crippen molar-refractivity contribution in [3.63, 3.8) is 0 Å².